The zero-order chi connectivity index (χ0) is 12.2. The first-order valence-electron chi connectivity index (χ1n) is 6.46. The normalized spacial score (nSPS) is 24.2. The summed E-state index contributed by atoms with van der Waals surface area (Å²) in [5, 5.41) is 7.60. The van der Waals surface area contributed by atoms with Crippen LogP contribution in [-0.4, -0.2) is 17.7 Å². The summed E-state index contributed by atoms with van der Waals surface area (Å²) < 4.78 is 0. The Bertz CT molecular complexity index is 236. The fourth-order valence-corrected chi connectivity index (χ4v) is 2.49. The molecule has 0 aromatic rings. The van der Waals surface area contributed by atoms with E-state index in [0.29, 0.717) is 17.4 Å². The molecule has 1 saturated carbocycles. The lowest BCUT2D eigenvalue weighted by molar-refractivity contribution is 0.185. The third-order valence-corrected chi connectivity index (χ3v) is 3.75. The highest BCUT2D eigenvalue weighted by Crippen LogP contribution is 2.35. The molecule has 0 amide bonds. The summed E-state index contributed by atoms with van der Waals surface area (Å²) in [6.45, 7) is 10.0. The molecule has 3 heteroatoms. The summed E-state index contributed by atoms with van der Waals surface area (Å²) in [4.78, 5) is 0. The van der Waals surface area contributed by atoms with E-state index in [1.54, 1.807) is 0 Å². The van der Waals surface area contributed by atoms with Crippen LogP contribution < -0.4 is 10.6 Å². The zero-order valence-electron chi connectivity index (χ0n) is 11.1. The fraction of sp³-hybridized carbons (Fsp3) is 0.923. The smallest absolute Gasteiger partial charge is 0.166 e. The van der Waals surface area contributed by atoms with Gasteiger partial charge in [0.2, 0.25) is 0 Å². The Morgan fingerprint density at radius 3 is 2.62 bits per heavy atom. The van der Waals surface area contributed by atoms with Crippen molar-refractivity contribution in [2.24, 2.45) is 11.3 Å². The van der Waals surface area contributed by atoms with Crippen molar-refractivity contribution in [3.63, 3.8) is 0 Å². The standard InChI is InChI=1S/C13H26N2S/c1-10(2)9-14-12(16)15-11-7-5-6-8-13(11,3)4/h10-11H,5-9H2,1-4H3,(H2,14,15,16). The molecule has 0 aliphatic heterocycles. The maximum absolute atomic E-state index is 5.33. The van der Waals surface area contributed by atoms with Gasteiger partial charge in [0.1, 0.15) is 0 Å². The first-order chi connectivity index (χ1) is 7.42. The van der Waals surface area contributed by atoms with Gasteiger partial charge in [0.25, 0.3) is 0 Å². The Morgan fingerprint density at radius 2 is 2.06 bits per heavy atom. The highest BCUT2D eigenvalue weighted by atomic mass is 32.1. The van der Waals surface area contributed by atoms with Crippen LogP contribution in [0, 0.1) is 11.3 Å². The van der Waals surface area contributed by atoms with Gasteiger partial charge in [-0.1, -0.05) is 40.5 Å². The van der Waals surface area contributed by atoms with E-state index >= 15 is 0 Å². The molecule has 2 nitrogen and oxygen atoms in total. The summed E-state index contributed by atoms with van der Waals surface area (Å²) in [5.41, 5.74) is 0.377. The topological polar surface area (TPSA) is 24.1 Å². The van der Waals surface area contributed by atoms with Crippen LogP contribution in [-0.2, 0) is 0 Å². The summed E-state index contributed by atoms with van der Waals surface area (Å²) in [6, 6.07) is 0.536. The Kier molecular flexibility index (Phi) is 5.03. The maximum Gasteiger partial charge on any atom is 0.166 e. The third kappa shape index (κ3) is 4.28. The quantitative estimate of drug-likeness (QED) is 0.744. The van der Waals surface area contributed by atoms with Crippen LogP contribution in [0.4, 0.5) is 0 Å². The lowest BCUT2D eigenvalue weighted by Crippen LogP contribution is -2.50. The van der Waals surface area contributed by atoms with E-state index in [1.165, 1.54) is 25.7 Å². The lowest BCUT2D eigenvalue weighted by atomic mass is 9.73. The molecule has 0 aromatic heterocycles. The van der Waals surface area contributed by atoms with Crippen molar-refractivity contribution in [1.29, 1.82) is 0 Å². The number of rotatable bonds is 3. The Morgan fingerprint density at radius 1 is 1.38 bits per heavy atom. The molecule has 1 aliphatic carbocycles. The number of thiocarbonyl (C=S) groups is 1. The van der Waals surface area contributed by atoms with Crippen LogP contribution in [0.3, 0.4) is 0 Å². The minimum absolute atomic E-state index is 0.377. The molecule has 0 spiro atoms. The van der Waals surface area contributed by atoms with Gasteiger partial charge in [-0.05, 0) is 36.4 Å². The van der Waals surface area contributed by atoms with E-state index in [9.17, 15) is 0 Å². The van der Waals surface area contributed by atoms with E-state index in [1.807, 2.05) is 0 Å². The first-order valence-corrected chi connectivity index (χ1v) is 6.87. The average molecular weight is 242 g/mol. The minimum atomic E-state index is 0.377. The second kappa shape index (κ2) is 5.85. The van der Waals surface area contributed by atoms with Crippen molar-refractivity contribution >= 4 is 17.3 Å². The van der Waals surface area contributed by atoms with Gasteiger partial charge in [-0.2, -0.15) is 0 Å². The van der Waals surface area contributed by atoms with Crippen LogP contribution >= 0.6 is 12.2 Å². The summed E-state index contributed by atoms with van der Waals surface area (Å²) >= 11 is 5.33. The molecule has 1 unspecified atom stereocenters. The molecule has 94 valence electrons. The molecular weight excluding hydrogens is 216 g/mol. The fourth-order valence-electron chi connectivity index (χ4n) is 2.27. The van der Waals surface area contributed by atoms with E-state index in [0.717, 1.165) is 11.7 Å². The Labute approximate surface area is 106 Å². The molecule has 0 aromatic carbocycles. The summed E-state index contributed by atoms with van der Waals surface area (Å²) in [5.74, 6) is 0.638. The van der Waals surface area contributed by atoms with Crippen molar-refractivity contribution in [3.8, 4) is 0 Å². The van der Waals surface area contributed by atoms with E-state index in [4.69, 9.17) is 12.2 Å². The first kappa shape index (κ1) is 13.8. The molecule has 1 rings (SSSR count). The maximum atomic E-state index is 5.33. The molecule has 0 heterocycles. The van der Waals surface area contributed by atoms with Crippen molar-refractivity contribution in [2.75, 3.05) is 6.54 Å². The molecular formula is C13H26N2S. The summed E-state index contributed by atoms with van der Waals surface area (Å²) in [7, 11) is 0. The average Bonchev–Trinajstić information content (AvgIpc) is 2.18. The molecule has 1 aliphatic rings. The highest BCUT2D eigenvalue weighted by Gasteiger charge is 2.32. The predicted octanol–water partition coefficient (Wildman–Crippen LogP) is 3.08. The molecule has 1 fully saturated rings. The Balaban J connectivity index is 2.37. The SMILES string of the molecule is CC(C)CNC(=S)NC1CCCCC1(C)C. The van der Waals surface area contributed by atoms with E-state index in [-0.39, 0.29) is 0 Å². The van der Waals surface area contributed by atoms with Crippen molar-refractivity contribution in [2.45, 2.75) is 59.4 Å². The van der Waals surface area contributed by atoms with Crippen LogP contribution in [0.5, 0.6) is 0 Å². The number of hydrogen-bond donors (Lipinski definition) is 2. The lowest BCUT2D eigenvalue weighted by Gasteiger charge is -2.39. The summed E-state index contributed by atoms with van der Waals surface area (Å²) in [6.07, 6.45) is 5.24. The predicted molar refractivity (Wildman–Crippen MR) is 74.6 cm³/mol. The molecule has 0 bridgehead atoms. The van der Waals surface area contributed by atoms with Crippen LogP contribution in [0.2, 0.25) is 0 Å². The van der Waals surface area contributed by atoms with Crippen molar-refractivity contribution < 1.29 is 0 Å². The molecule has 16 heavy (non-hydrogen) atoms. The van der Waals surface area contributed by atoms with Gasteiger partial charge in [-0.25, -0.2) is 0 Å². The number of nitrogens with one attached hydrogen (secondary N) is 2. The van der Waals surface area contributed by atoms with Gasteiger partial charge in [0, 0.05) is 12.6 Å². The zero-order valence-corrected chi connectivity index (χ0v) is 11.9. The van der Waals surface area contributed by atoms with E-state index < -0.39 is 0 Å². The largest absolute Gasteiger partial charge is 0.362 e. The Hall–Kier alpha value is -0.310. The van der Waals surface area contributed by atoms with Crippen LogP contribution in [0.25, 0.3) is 0 Å². The van der Waals surface area contributed by atoms with Crippen molar-refractivity contribution in [1.82, 2.24) is 10.6 Å². The van der Waals surface area contributed by atoms with E-state index in [2.05, 4.69) is 38.3 Å². The van der Waals surface area contributed by atoms with Gasteiger partial charge in [-0.3, -0.25) is 0 Å². The second-order valence-electron chi connectivity index (χ2n) is 6.04. The minimum Gasteiger partial charge on any atom is -0.362 e. The van der Waals surface area contributed by atoms with Crippen LogP contribution in [0.1, 0.15) is 53.4 Å². The monoisotopic (exact) mass is 242 g/mol. The molecule has 1 atom stereocenters. The van der Waals surface area contributed by atoms with Gasteiger partial charge >= 0.3 is 0 Å². The van der Waals surface area contributed by atoms with Crippen molar-refractivity contribution in [3.05, 3.63) is 0 Å². The van der Waals surface area contributed by atoms with Gasteiger partial charge < -0.3 is 10.6 Å². The third-order valence-electron chi connectivity index (χ3n) is 3.48. The molecule has 0 radical (unpaired) electrons. The van der Waals surface area contributed by atoms with Gasteiger partial charge in [0.15, 0.2) is 5.11 Å². The highest BCUT2D eigenvalue weighted by molar-refractivity contribution is 7.80. The molecule has 2 N–H and O–H groups in total. The van der Waals surface area contributed by atoms with Gasteiger partial charge in [-0.15, -0.1) is 0 Å². The van der Waals surface area contributed by atoms with Gasteiger partial charge in [0.05, 0.1) is 0 Å². The second-order valence-corrected chi connectivity index (χ2v) is 6.44. The van der Waals surface area contributed by atoms with Crippen LogP contribution in [0.15, 0.2) is 0 Å². The number of hydrogen-bond acceptors (Lipinski definition) is 1. The molecule has 0 saturated heterocycles.